The largest absolute Gasteiger partial charge is 0.479 e. The van der Waals surface area contributed by atoms with E-state index in [0.717, 1.165) is 38.5 Å². The fraction of sp³-hybridized carbons (Fsp3) is 0.970. The lowest BCUT2D eigenvalue weighted by molar-refractivity contribution is -0.169. The van der Waals surface area contributed by atoms with Gasteiger partial charge in [-0.3, -0.25) is 0 Å². The van der Waals surface area contributed by atoms with Crippen molar-refractivity contribution in [2.75, 3.05) is 6.61 Å². The average molecular weight is 511 g/mol. The molecule has 0 fully saturated rings. The molecule has 0 saturated heterocycles. The number of carboxylic acid groups (broad SMARTS) is 1. The van der Waals surface area contributed by atoms with E-state index >= 15 is 0 Å². The van der Waals surface area contributed by atoms with Crippen LogP contribution in [0.5, 0.6) is 0 Å². The maximum absolute atomic E-state index is 12.4. The Morgan fingerprint density at radius 1 is 0.472 bits per heavy atom. The van der Waals surface area contributed by atoms with Crippen molar-refractivity contribution in [2.45, 2.75) is 200 Å². The Bertz CT molecular complexity index is 450. The topological polar surface area (TPSA) is 46.5 Å². The first-order chi connectivity index (χ1) is 17.6. The lowest BCUT2D eigenvalue weighted by atomic mass is 9.89. The molecule has 216 valence electrons. The minimum atomic E-state index is -0.953. The monoisotopic (exact) mass is 511 g/mol. The number of hydrogen-bond acceptors (Lipinski definition) is 2. The number of hydrogen-bond donors (Lipinski definition) is 1. The first-order valence-electron chi connectivity index (χ1n) is 16.5. The molecule has 0 heterocycles. The molecule has 1 N–H and O–H groups in total. The van der Waals surface area contributed by atoms with Crippen molar-refractivity contribution in [3.8, 4) is 0 Å². The zero-order valence-corrected chi connectivity index (χ0v) is 25.1. The fourth-order valence-corrected chi connectivity index (χ4v) is 5.31. The Morgan fingerprint density at radius 2 is 0.750 bits per heavy atom. The molecule has 0 bridgehead atoms. The molecular formula is C33H66O3. The Hall–Kier alpha value is -0.570. The molecule has 0 radical (unpaired) electrons. The minimum Gasteiger partial charge on any atom is -0.479 e. The van der Waals surface area contributed by atoms with E-state index in [1.165, 1.54) is 122 Å². The van der Waals surface area contributed by atoms with E-state index < -0.39 is 11.6 Å². The van der Waals surface area contributed by atoms with Crippen molar-refractivity contribution in [3.63, 3.8) is 0 Å². The molecule has 0 spiro atoms. The summed E-state index contributed by atoms with van der Waals surface area (Å²) in [6, 6.07) is 0. The third kappa shape index (κ3) is 21.5. The second kappa shape index (κ2) is 27.5. The van der Waals surface area contributed by atoms with Gasteiger partial charge in [-0.05, 0) is 32.1 Å². The molecule has 1 unspecified atom stereocenters. The molecule has 0 saturated carbocycles. The molecule has 1 atom stereocenters. The SMILES string of the molecule is CCCCCCCCCCCCCC(CCCCCCCC)(OCCCCCCCCCC)C(=O)O. The third-order valence-electron chi connectivity index (χ3n) is 7.88. The molecule has 0 aliphatic carbocycles. The molecule has 0 amide bonds. The summed E-state index contributed by atoms with van der Waals surface area (Å²) in [6.07, 6.45) is 32.8. The van der Waals surface area contributed by atoms with Crippen LogP contribution < -0.4 is 0 Å². The van der Waals surface area contributed by atoms with Crippen molar-refractivity contribution in [3.05, 3.63) is 0 Å². The molecule has 0 aromatic heterocycles. The van der Waals surface area contributed by atoms with Crippen molar-refractivity contribution < 1.29 is 14.6 Å². The van der Waals surface area contributed by atoms with Crippen molar-refractivity contribution in [2.24, 2.45) is 0 Å². The predicted molar refractivity (Wildman–Crippen MR) is 158 cm³/mol. The van der Waals surface area contributed by atoms with Crippen LogP contribution in [0.3, 0.4) is 0 Å². The van der Waals surface area contributed by atoms with E-state index in [9.17, 15) is 9.90 Å². The third-order valence-corrected chi connectivity index (χ3v) is 7.88. The van der Waals surface area contributed by atoms with Gasteiger partial charge in [0.05, 0.1) is 0 Å². The van der Waals surface area contributed by atoms with E-state index in [-0.39, 0.29) is 0 Å². The number of unbranched alkanes of at least 4 members (excludes halogenated alkanes) is 22. The van der Waals surface area contributed by atoms with Gasteiger partial charge in [0.2, 0.25) is 0 Å². The summed E-state index contributed by atoms with van der Waals surface area (Å²) in [5.41, 5.74) is -0.953. The van der Waals surface area contributed by atoms with Gasteiger partial charge in [0.25, 0.3) is 0 Å². The molecule has 0 aromatic rings. The summed E-state index contributed by atoms with van der Waals surface area (Å²) in [7, 11) is 0. The van der Waals surface area contributed by atoms with Crippen LogP contribution in [0.2, 0.25) is 0 Å². The van der Waals surface area contributed by atoms with Crippen LogP contribution in [0.1, 0.15) is 194 Å². The average Bonchev–Trinajstić information content (AvgIpc) is 2.87. The molecular weight excluding hydrogens is 444 g/mol. The second-order valence-electron chi connectivity index (χ2n) is 11.4. The van der Waals surface area contributed by atoms with E-state index in [2.05, 4.69) is 20.8 Å². The second-order valence-corrected chi connectivity index (χ2v) is 11.4. The van der Waals surface area contributed by atoms with Gasteiger partial charge in [-0.2, -0.15) is 0 Å². The van der Waals surface area contributed by atoms with Gasteiger partial charge in [0.15, 0.2) is 5.60 Å². The Kier molecular flexibility index (Phi) is 27.0. The predicted octanol–water partition coefficient (Wildman–Crippen LogP) is 11.4. The Balaban J connectivity index is 4.34. The molecule has 0 aromatic carbocycles. The van der Waals surface area contributed by atoms with E-state index in [4.69, 9.17) is 4.74 Å². The van der Waals surface area contributed by atoms with Crippen LogP contribution in [-0.4, -0.2) is 23.3 Å². The lowest BCUT2D eigenvalue weighted by Gasteiger charge is -2.30. The van der Waals surface area contributed by atoms with Gasteiger partial charge >= 0.3 is 5.97 Å². The highest BCUT2D eigenvalue weighted by atomic mass is 16.5. The van der Waals surface area contributed by atoms with Crippen molar-refractivity contribution in [1.82, 2.24) is 0 Å². The maximum Gasteiger partial charge on any atom is 0.335 e. The van der Waals surface area contributed by atoms with Crippen molar-refractivity contribution >= 4 is 5.97 Å². The van der Waals surface area contributed by atoms with E-state index in [0.29, 0.717) is 19.4 Å². The van der Waals surface area contributed by atoms with Gasteiger partial charge in [0, 0.05) is 6.61 Å². The number of rotatable bonds is 30. The molecule has 0 rings (SSSR count). The summed E-state index contributed by atoms with van der Waals surface area (Å²) in [5, 5.41) is 10.2. The van der Waals surface area contributed by atoms with Crippen LogP contribution in [0.4, 0.5) is 0 Å². The fourth-order valence-electron chi connectivity index (χ4n) is 5.31. The van der Waals surface area contributed by atoms with E-state index in [1.807, 2.05) is 0 Å². The first kappa shape index (κ1) is 35.4. The highest BCUT2D eigenvalue weighted by Gasteiger charge is 2.38. The van der Waals surface area contributed by atoms with Crippen LogP contribution >= 0.6 is 0 Å². The quantitative estimate of drug-likeness (QED) is 0.0977. The molecule has 0 aliphatic rings. The summed E-state index contributed by atoms with van der Waals surface area (Å²) in [5.74, 6) is -0.720. The smallest absolute Gasteiger partial charge is 0.335 e. The number of aliphatic carboxylic acids is 1. The molecule has 3 heteroatoms. The maximum atomic E-state index is 12.4. The zero-order valence-electron chi connectivity index (χ0n) is 25.1. The van der Waals surface area contributed by atoms with Crippen LogP contribution in [0.15, 0.2) is 0 Å². The first-order valence-corrected chi connectivity index (χ1v) is 16.5. The summed E-state index contributed by atoms with van der Waals surface area (Å²) in [6.45, 7) is 7.37. The van der Waals surface area contributed by atoms with Gasteiger partial charge in [0.1, 0.15) is 0 Å². The molecule has 3 nitrogen and oxygen atoms in total. The Labute approximate surface area is 226 Å². The van der Waals surface area contributed by atoms with Gasteiger partial charge in [-0.15, -0.1) is 0 Å². The summed E-state index contributed by atoms with van der Waals surface area (Å²) < 4.78 is 6.26. The zero-order chi connectivity index (χ0) is 26.6. The van der Waals surface area contributed by atoms with Crippen LogP contribution in [0, 0.1) is 0 Å². The summed E-state index contributed by atoms with van der Waals surface area (Å²) in [4.78, 5) is 12.4. The molecule has 36 heavy (non-hydrogen) atoms. The van der Waals surface area contributed by atoms with E-state index in [1.54, 1.807) is 0 Å². The standard InChI is InChI=1S/C33H66O3/c1-4-7-10-13-16-18-19-20-21-24-27-30-33(32(34)35,29-26-23-15-12-9-6-3)36-31-28-25-22-17-14-11-8-5-2/h4-31H2,1-3H3,(H,34,35). The van der Waals surface area contributed by atoms with Gasteiger partial charge in [-0.25, -0.2) is 4.79 Å². The Morgan fingerprint density at radius 3 is 1.06 bits per heavy atom. The highest BCUT2D eigenvalue weighted by Crippen LogP contribution is 2.29. The van der Waals surface area contributed by atoms with Crippen LogP contribution in [0.25, 0.3) is 0 Å². The number of carboxylic acids is 1. The van der Waals surface area contributed by atoms with Gasteiger partial charge in [-0.1, -0.05) is 162 Å². The minimum absolute atomic E-state index is 0.606. The molecule has 0 aliphatic heterocycles. The van der Waals surface area contributed by atoms with Crippen LogP contribution in [-0.2, 0) is 9.53 Å². The highest BCUT2D eigenvalue weighted by molar-refractivity contribution is 5.77. The lowest BCUT2D eigenvalue weighted by Crippen LogP contribution is -2.42. The van der Waals surface area contributed by atoms with Gasteiger partial charge < -0.3 is 9.84 Å². The number of carbonyl (C=O) groups is 1. The van der Waals surface area contributed by atoms with Crippen molar-refractivity contribution in [1.29, 1.82) is 0 Å². The normalized spacial score (nSPS) is 13.2. The number of ether oxygens (including phenoxy) is 1. The summed E-state index contributed by atoms with van der Waals surface area (Å²) >= 11 is 0.